The van der Waals surface area contributed by atoms with E-state index in [0.29, 0.717) is 23.3 Å². The van der Waals surface area contributed by atoms with Gasteiger partial charge in [-0.05, 0) is 18.8 Å². The second kappa shape index (κ2) is 4.26. The number of carbonyl (C=O) groups is 1. The van der Waals surface area contributed by atoms with Crippen LogP contribution in [0.15, 0.2) is 15.2 Å². The van der Waals surface area contributed by atoms with Gasteiger partial charge in [-0.25, -0.2) is 4.98 Å². The number of aryl methyl sites for hydroxylation is 1. The predicted octanol–water partition coefficient (Wildman–Crippen LogP) is 2.75. The quantitative estimate of drug-likeness (QED) is 0.856. The van der Waals surface area contributed by atoms with Crippen molar-refractivity contribution in [3.63, 3.8) is 0 Å². The maximum atomic E-state index is 11.6. The van der Waals surface area contributed by atoms with E-state index in [1.807, 2.05) is 0 Å². The second-order valence-electron chi connectivity index (χ2n) is 5.98. The fourth-order valence-corrected chi connectivity index (χ4v) is 2.98. The van der Waals surface area contributed by atoms with Gasteiger partial charge >= 0.3 is 0 Å². The zero-order chi connectivity index (χ0) is 14.5. The van der Waals surface area contributed by atoms with Crippen molar-refractivity contribution in [1.29, 1.82) is 0 Å². The topological polar surface area (TPSA) is 82.0 Å². The summed E-state index contributed by atoms with van der Waals surface area (Å²) in [5, 5.41) is 3.94. The summed E-state index contributed by atoms with van der Waals surface area (Å²) in [6.45, 7) is 7.53. The van der Waals surface area contributed by atoms with Crippen molar-refractivity contribution >= 4 is 5.78 Å². The number of hydrogen-bond donors (Lipinski definition) is 0. The number of oxazole rings is 1. The van der Waals surface area contributed by atoms with Crippen molar-refractivity contribution in [2.45, 2.75) is 40.0 Å². The maximum Gasteiger partial charge on any atom is 0.230 e. The number of Topliss-reactive ketones (excluding diaryl/α,β-unsaturated/α-hetero) is 1. The van der Waals surface area contributed by atoms with Crippen LogP contribution in [-0.4, -0.2) is 20.9 Å². The van der Waals surface area contributed by atoms with Gasteiger partial charge in [0, 0.05) is 18.8 Å². The molecule has 0 radical (unpaired) electrons. The molecule has 6 nitrogen and oxygen atoms in total. The summed E-state index contributed by atoms with van der Waals surface area (Å²) in [5.41, 5.74) is 0.424. The highest BCUT2D eigenvalue weighted by molar-refractivity contribution is 5.80. The Hall–Kier alpha value is -1.98. The molecular formula is C14H17N3O3. The average molecular weight is 275 g/mol. The Labute approximate surface area is 116 Å². The van der Waals surface area contributed by atoms with Gasteiger partial charge in [-0.3, -0.25) is 4.79 Å². The lowest BCUT2D eigenvalue weighted by atomic mass is 9.53. The monoisotopic (exact) mass is 275 g/mol. The van der Waals surface area contributed by atoms with Crippen LogP contribution >= 0.6 is 0 Å². The SMILES string of the molecule is CC(=O)[C@@H]1C[C@H](c2nc(-c3coc(C)n3)no2)C1(C)C. The van der Waals surface area contributed by atoms with Gasteiger partial charge in [0.25, 0.3) is 0 Å². The molecule has 2 heterocycles. The summed E-state index contributed by atoms with van der Waals surface area (Å²) in [4.78, 5) is 20.1. The molecule has 0 spiro atoms. The van der Waals surface area contributed by atoms with Gasteiger partial charge in [-0.2, -0.15) is 4.98 Å². The number of carbonyl (C=O) groups excluding carboxylic acids is 1. The van der Waals surface area contributed by atoms with Gasteiger partial charge in [0.1, 0.15) is 17.7 Å². The molecule has 1 fully saturated rings. The molecule has 20 heavy (non-hydrogen) atoms. The largest absolute Gasteiger partial charge is 0.449 e. The lowest BCUT2D eigenvalue weighted by Gasteiger charge is -2.49. The van der Waals surface area contributed by atoms with Crippen molar-refractivity contribution in [3.8, 4) is 11.5 Å². The zero-order valence-corrected chi connectivity index (χ0v) is 12.0. The van der Waals surface area contributed by atoms with E-state index in [2.05, 4.69) is 29.0 Å². The van der Waals surface area contributed by atoms with Crippen molar-refractivity contribution < 1.29 is 13.7 Å². The van der Waals surface area contributed by atoms with Crippen LogP contribution in [0.1, 0.15) is 44.9 Å². The number of ketones is 1. The van der Waals surface area contributed by atoms with E-state index in [1.165, 1.54) is 6.26 Å². The van der Waals surface area contributed by atoms with Crippen LogP contribution in [0, 0.1) is 18.3 Å². The molecule has 0 unspecified atom stereocenters. The standard InChI is InChI=1S/C14H17N3O3/c1-7(18)9-5-10(14(9,3)4)13-16-12(17-20-13)11-6-19-8(2)15-11/h6,9-10H,5H2,1-4H3/t9-,10+/m0/s1. The first-order valence-corrected chi connectivity index (χ1v) is 6.66. The van der Waals surface area contributed by atoms with Gasteiger partial charge in [0.15, 0.2) is 5.89 Å². The van der Waals surface area contributed by atoms with Crippen LogP contribution in [-0.2, 0) is 4.79 Å². The smallest absolute Gasteiger partial charge is 0.230 e. The first-order chi connectivity index (χ1) is 9.39. The maximum absolute atomic E-state index is 11.6. The van der Waals surface area contributed by atoms with E-state index >= 15 is 0 Å². The summed E-state index contributed by atoms with van der Waals surface area (Å²) < 4.78 is 10.5. The number of nitrogens with zero attached hydrogens (tertiary/aromatic N) is 3. The molecule has 0 aromatic carbocycles. The highest BCUT2D eigenvalue weighted by atomic mass is 16.5. The molecule has 1 aliphatic rings. The average Bonchev–Trinajstić information content (AvgIpc) is 2.96. The lowest BCUT2D eigenvalue weighted by Crippen LogP contribution is -2.46. The molecule has 3 rings (SSSR count). The van der Waals surface area contributed by atoms with E-state index in [4.69, 9.17) is 8.94 Å². The van der Waals surface area contributed by atoms with Crippen LogP contribution < -0.4 is 0 Å². The van der Waals surface area contributed by atoms with Gasteiger partial charge < -0.3 is 8.94 Å². The molecule has 0 saturated heterocycles. The van der Waals surface area contributed by atoms with Crippen LogP contribution in [0.3, 0.4) is 0 Å². The van der Waals surface area contributed by atoms with E-state index in [0.717, 1.165) is 6.42 Å². The Morgan fingerprint density at radius 1 is 1.40 bits per heavy atom. The third-order valence-corrected chi connectivity index (χ3v) is 4.35. The summed E-state index contributed by atoms with van der Waals surface area (Å²) in [6.07, 6.45) is 2.27. The lowest BCUT2D eigenvalue weighted by molar-refractivity contribution is -0.132. The van der Waals surface area contributed by atoms with E-state index in [1.54, 1.807) is 13.8 Å². The van der Waals surface area contributed by atoms with Crippen molar-refractivity contribution in [1.82, 2.24) is 15.1 Å². The highest BCUT2D eigenvalue weighted by Crippen LogP contribution is 2.56. The Morgan fingerprint density at radius 2 is 2.15 bits per heavy atom. The van der Waals surface area contributed by atoms with Gasteiger partial charge in [0.2, 0.25) is 11.7 Å². The second-order valence-corrected chi connectivity index (χ2v) is 5.98. The predicted molar refractivity (Wildman–Crippen MR) is 69.8 cm³/mol. The van der Waals surface area contributed by atoms with Gasteiger partial charge in [-0.1, -0.05) is 19.0 Å². The molecule has 1 aliphatic carbocycles. The van der Waals surface area contributed by atoms with Crippen LogP contribution in [0.4, 0.5) is 0 Å². The Morgan fingerprint density at radius 3 is 2.70 bits per heavy atom. The minimum Gasteiger partial charge on any atom is -0.449 e. The van der Waals surface area contributed by atoms with Crippen molar-refractivity contribution in [2.24, 2.45) is 11.3 Å². The van der Waals surface area contributed by atoms with Crippen molar-refractivity contribution in [3.05, 3.63) is 18.0 Å². The Kier molecular flexibility index (Phi) is 2.77. The first kappa shape index (κ1) is 13.0. The Bertz CT molecular complexity index is 656. The van der Waals surface area contributed by atoms with E-state index < -0.39 is 0 Å². The van der Waals surface area contributed by atoms with Crippen LogP contribution in [0.25, 0.3) is 11.5 Å². The normalized spacial score (nSPS) is 24.4. The minimum atomic E-state index is -0.143. The fourth-order valence-electron chi connectivity index (χ4n) is 2.98. The van der Waals surface area contributed by atoms with Crippen LogP contribution in [0.5, 0.6) is 0 Å². The molecule has 0 N–H and O–H groups in total. The highest BCUT2D eigenvalue weighted by Gasteiger charge is 2.53. The van der Waals surface area contributed by atoms with Gasteiger partial charge in [0.05, 0.1) is 0 Å². The first-order valence-electron chi connectivity index (χ1n) is 6.66. The molecule has 0 aliphatic heterocycles. The fraction of sp³-hybridized carbons (Fsp3) is 0.571. The summed E-state index contributed by atoms with van der Waals surface area (Å²) in [7, 11) is 0. The molecule has 106 valence electrons. The summed E-state index contributed by atoms with van der Waals surface area (Å²) in [6, 6.07) is 0. The number of aromatic nitrogens is 3. The van der Waals surface area contributed by atoms with Crippen molar-refractivity contribution in [2.75, 3.05) is 0 Å². The molecule has 6 heteroatoms. The number of hydrogen-bond acceptors (Lipinski definition) is 6. The third kappa shape index (κ3) is 1.87. The summed E-state index contributed by atoms with van der Waals surface area (Å²) in [5.74, 6) is 1.97. The minimum absolute atomic E-state index is 0.0668. The Balaban J connectivity index is 1.84. The molecular weight excluding hydrogens is 258 g/mol. The van der Waals surface area contributed by atoms with E-state index in [9.17, 15) is 4.79 Å². The third-order valence-electron chi connectivity index (χ3n) is 4.35. The molecule has 1 saturated carbocycles. The van der Waals surface area contributed by atoms with Gasteiger partial charge in [-0.15, -0.1) is 0 Å². The zero-order valence-electron chi connectivity index (χ0n) is 12.0. The molecule has 2 aromatic heterocycles. The molecule has 2 aromatic rings. The molecule has 2 atom stereocenters. The van der Waals surface area contributed by atoms with E-state index in [-0.39, 0.29) is 23.0 Å². The van der Waals surface area contributed by atoms with Crippen LogP contribution in [0.2, 0.25) is 0 Å². The summed E-state index contributed by atoms with van der Waals surface area (Å²) >= 11 is 0. The molecule has 0 bridgehead atoms. The number of rotatable bonds is 3. The molecule has 0 amide bonds.